The summed E-state index contributed by atoms with van der Waals surface area (Å²) in [7, 11) is 0. The summed E-state index contributed by atoms with van der Waals surface area (Å²) in [5.41, 5.74) is 3.19. The van der Waals surface area contributed by atoms with Crippen molar-refractivity contribution in [1.29, 1.82) is 0 Å². The number of rotatable bonds is 0. The van der Waals surface area contributed by atoms with E-state index >= 15 is 0 Å². The Hall–Kier alpha value is -0.521. The normalized spacial score (nSPS) is 14.5. The van der Waals surface area contributed by atoms with Gasteiger partial charge in [0, 0.05) is 0 Å². The number of fused-ring (bicyclic) bond motifs is 2. The number of hydrogen-bond acceptors (Lipinski definition) is 0. The third-order valence-corrected chi connectivity index (χ3v) is 7.44. The van der Waals surface area contributed by atoms with Gasteiger partial charge in [-0.05, 0) is 0 Å². The number of benzene rings is 2. The fraction of sp³-hybridized carbons (Fsp3) is 0.143. The first-order valence-electron chi connectivity index (χ1n) is 5.35. The van der Waals surface area contributed by atoms with E-state index in [9.17, 15) is 0 Å². The first kappa shape index (κ1) is 10.6. The summed E-state index contributed by atoms with van der Waals surface area (Å²) in [5, 5.41) is 2.61. The van der Waals surface area contributed by atoms with Crippen LogP contribution in [0.1, 0.15) is 11.1 Å². The van der Waals surface area contributed by atoms with Crippen molar-refractivity contribution in [3.63, 3.8) is 0 Å². The molecule has 3 rings (SSSR count). The van der Waals surface area contributed by atoms with Gasteiger partial charge in [0.05, 0.1) is 0 Å². The molecule has 2 heteroatoms. The van der Waals surface area contributed by atoms with Crippen LogP contribution >= 0.6 is 0 Å². The topological polar surface area (TPSA) is 0 Å². The first-order chi connectivity index (χ1) is 7.93. The molecule has 1 aliphatic rings. The summed E-state index contributed by atoms with van der Waals surface area (Å²) in [5.74, 6) is 0. The third-order valence-electron chi connectivity index (χ3n) is 2.68. The van der Waals surface area contributed by atoms with Crippen molar-refractivity contribution in [2.75, 3.05) is 0 Å². The second-order valence-electron chi connectivity index (χ2n) is 3.81. The minimum atomic E-state index is 0.504. The fourth-order valence-corrected chi connectivity index (χ4v) is 7.21. The van der Waals surface area contributed by atoms with Gasteiger partial charge in [-0.25, -0.2) is 0 Å². The molecule has 16 heavy (non-hydrogen) atoms. The van der Waals surface area contributed by atoms with Crippen LogP contribution < -0.4 is 8.92 Å². The second-order valence-corrected chi connectivity index (χ2v) is 8.15. The van der Waals surface area contributed by atoms with Crippen LogP contribution in [0.5, 0.6) is 0 Å². The first-order valence-corrected chi connectivity index (χ1v) is 9.48. The van der Waals surface area contributed by atoms with Gasteiger partial charge in [0.25, 0.3) is 0 Å². The van der Waals surface area contributed by atoms with E-state index in [0.717, 1.165) is 15.0 Å². The van der Waals surface area contributed by atoms with E-state index in [1.54, 1.807) is 20.1 Å². The van der Waals surface area contributed by atoms with Crippen LogP contribution in [0.25, 0.3) is 0 Å². The van der Waals surface area contributed by atoms with Gasteiger partial charge in [-0.3, -0.25) is 0 Å². The molecule has 0 aliphatic carbocycles. The van der Waals surface area contributed by atoms with Crippen LogP contribution in [0.3, 0.4) is 0 Å². The zero-order chi connectivity index (χ0) is 10.8. The van der Waals surface area contributed by atoms with Gasteiger partial charge < -0.3 is 0 Å². The Morgan fingerprint density at radius 1 is 0.688 bits per heavy atom. The molecule has 0 amide bonds. The van der Waals surface area contributed by atoms with Crippen LogP contribution in [0.15, 0.2) is 48.5 Å². The maximum absolute atomic E-state index is 2.31. The second kappa shape index (κ2) is 4.77. The molecule has 0 atom stereocenters. The van der Waals surface area contributed by atoms with Gasteiger partial charge in [-0.1, -0.05) is 0 Å². The number of hydrogen-bond donors (Lipinski definition) is 0. The van der Waals surface area contributed by atoms with E-state index in [4.69, 9.17) is 0 Å². The Morgan fingerprint density at radius 3 is 1.75 bits per heavy atom. The molecule has 0 N–H and O–H groups in total. The van der Waals surface area contributed by atoms with Crippen molar-refractivity contribution in [1.82, 2.24) is 0 Å². The standard InChI is InChI=1S/C14H12Se2/c1-3-7-13-11(5-1)9-15-10-12-6-2-4-8-14(12)16-13/h1-8H,9-10H2. The van der Waals surface area contributed by atoms with E-state index in [1.165, 1.54) is 10.6 Å². The van der Waals surface area contributed by atoms with Crippen LogP contribution in [0.4, 0.5) is 0 Å². The van der Waals surface area contributed by atoms with Gasteiger partial charge in [-0.15, -0.1) is 0 Å². The third kappa shape index (κ3) is 2.12. The molecule has 0 saturated heterocycles. The Labute approximate surface area is 109 Å². The summed E-state index contributed by atoms with van der Waals surface area (Å²) >= 11 is 1.23. The van der Waals surface area contributed by atoms with E-state index < -0.39 is 0 Å². The fourth-order valence-electron chi connectivity index (χ4n) is 1.83. The summed E-state index contributed by atoms with van der Waals surface area (Å²) in [6.45, 7) is 0. The van der Waals surface area contributed by atoms with E-state index in [2.05, 4.69) is 48.5 Å². The van der Waals surface area contributed by atoms with Crippen LogP contribution in [-0.2, 0) is 10.6 Å². The molecular formula is C14H12Se2. The molecular weight excluding hydrogens is 326 g/mol. The van der Waals surface area contributed by atoms with Crippen LogP contribution in [0.2, 0.25) is 0 Å². The minimum absolute atomic E-state index is 0.504. The monoisotopic (exact) mass is 340 g/mol. The predicted octanol–water partition coefficient (Wildman–Crippen LogP) is 1.06. The van der Waals surface area contributed by atoms with Gasteiger partial charge >= 0.3 is 109 Å². The van der Waals surface area contributed by atoms with Gasteiger partial charge in [0.1, 0.15) is 0 Å². The van der Waals surface area contributed by atoms with Gasteiger partial charge in [-0.2, -0.15) is 0 Å². The molecule has 0 saturated carbocycles. The summed E-state index contributed by atoms with van der Waals surface area (Å²) in [6.07, 6.45) is 0. The molecule has 0 spiro atoms. The van der Waals surface area contributed by atoms with Crippen molar-refractivity contribution in [2.45, 2.75) is 10.6 Å². The van der Waals surface area contributed by atoms with Crippen molar-refractivity contribution >= 4 is 38.8 Å². The maximum atomic E-state index is 2.31. The Bertz CT molecular complexity index is 460. The molecule has 0 unspecified atom stereocenters. The summed E-state index contributed by atoms with van der Waals surface area (Å²) in [4.78, 5) is 0. The molecule has 80 valence electrons. The van der Waals surface area contributed by atoms with Gasteiger partial charge in [0.15, 0.2) is 0 Å². The average molecular weight is 338 g/mol. The van der Waals surface area contributed by atoms with E-state index in [0.29, 0.717) is 15.0 Å². The van der Waals surface area contributed by atoms with Crippen LogP contribution in [-0.4, -0.2) is 29.9 Å². The zero-order valence-corrected chi connectivity index (χ0v) is 12.3. The van der Waals surface area contributed by atoms with Crippen molar-refractivity contribution < 1.29 is 0 Å². The zero-order valence-electron chi connectivity index (χ0n) is 8.85. The van der Waals surface area contributed by atoms with Gasteiger partial charge in [0.2, 0.25) is 0 Å². The van der Waals surface area contributed by atoms with Crippen molar-refractivity contribution in [3.8, 4) is 0 Å². The molecule has 1 heterocycles. The van der Waals surface area contributed by atoms with Crippen molar-refractivity contribution in [2.24, 2.45) is 0 Å². The molecule has 1 aliphatic heterocycles. The molecule has 2 aromatic carbocycles. The Kier molecular flexibility index (Phi) is 3.17. The van der Waals surface area contributed by atoms with Crippen molar-refractivity contribution in [3.05, 3.63) is 59.7 Å². The van der Waals surface area contributed by atoms with E-state index in [-0.39, 0.29) is 0 Å². The quantitative estimate of drug-likeness (QED) is 0.631. The molecule has 0 fully saturated rings. The summed E-state index contributed by atoms with van der Waals surface area (Å²) < 4.78 is 3.17. The molecule has 0 aromatic heterocycles. The average Bonchev–Trinajstić information content (AvgIpc) is 2.29. The molecule has 0 radical (unpaired) electrons. The molecule has 2 aromatic rings. The predicted molar refractivity (Wildman–Crippen MR) is 71.1 cm³/mol. The van der Waals surface area contributed by atoms with E-state index in [1.807, 2.05) is 0 Å². The SMILES string of the molecule is c1ccc2c(c1)C[Se]Cc1ccccc1[Se]2. The Morgan fingerprint density at radius 2 is 1.19 bits per heavy atom. The van der Waals surface area contributed by atoms with Crippen LogP contribution in [0, 0.1) is 0 Å². The molecule has 0 nitrogen and oxygen atoms in total. The Balaban J connectivity index is 2.06. The molecule has 0 bridgehead atoms. The summed E-state index contributed by atoms with van der Waals surface area (Å²) in [6, 6.07) is 18.0.